The van der Waals surface area contributed by atoms with Crippen LogP contribution < -0.4 is 5.32 Å². The Kier molecular flexibility index (Phi) is 4.07. The third-order valence-electron chi connectivity index (χ3n) is 5.55. The average Bonchev–Trinajstić information content (AvgIpc) is 3.00. The van der Waals surface area contributed by atoms with Gasteiger partial charge in [-0.05, 0) is 56.1 Å². The number of halogens is 2. The highest BCUT2D eigenvalue weighted by Crippen LogP contribution is 2.29. The standard InChI is InChI=1S/C19H21F2N3O/c1-23-16(13-3-2-4-14(20)18(13)21)5-6-17(23)19(25)22-15-11-24-9-7-12(15)8-10-24/h2-6,12,15H,7-11H2,1H3,(H,22,25). The van der Waals surface area contributed by atoms with Gasteiger partial charge in [-0.1, -0.05) is 6.07 Å². The van der Waals surface area contributed by atoms with Crippen LogP contribution in [0.25, 0.3) is 11.3 Å². The van der Waals surface area contributed by atoms with Crippen LogP contribution in [0, 0.1) is 17.6 Å². The number of benzene rings is 1. The van der Waals surface area contributed by atoms with E-state index < -0.39 is 11.6 Å². The zero-order valence-corrected chi connectivity index (χ0v) is 14.1. The van der Waals surface area contributed by atoms with Crippen molar-refractivity contribution in [3.05, 3.63) is 47.7 Å². The molecule has 3 aliphatic heterocycles. The number of nitrogens with one attached hydrogen (secondary N) is 1. The maximum absolute atomic E-state index is 14.1. The Bertz CT molecular complexity index is 809. The lowest BCUT2D eigenvalue weighted by atomic mass is 9.84. The Morgan fingerprint density at radius 1 is 1.16 bits per heavy atom. The first-order chi connectivity index (χ1) is 12.0. The highest BCUT2D eigenvalue weighted by molar-refractivity contribution is 5.94. The van der Waals surface area contributed by atoms with Gasteiger partial charge in [0.15, 0.2) is 11.6 Å². The summed E-state index contributed by atoms with van der Waals surface area (Å²) in [7, 11) is 1.70. The molecule has 1 N–H and O–H groups in total. The molecule has 0 saturated carbocycles. The molecular formula is C19H21F2N3O. The van der Waals surface area contributed by atoms with Crippen molar-refractivity contribution in [3.8, 4) is 11.3 Å². The van der Waals surface area contributed by atoms with Crippen LogP contribution in [0.15, 0.2) is 30.3 Å². The van der Waals surface area contributed by atoms with E-state index in [4.69, 9.17) is 0 Å². The lowest BCUT2D eigenvalue weighted by Gasteiger charge is -2.44. The molecule has 1 aromatic carbocycles. The van der Waals surface area contributed by atoms with Crippen LogP contribution in [0.3, 0.4) is 0 Å². The second kappa shape index (κ2) is 6.26. The number of hydrogen-bond acceptors (Lipinski definition) is 2. The molecule has 2 aromatic rings. The molecule has 1 unspecified atom stereocenters. The van der Waals surface area contributed by atoms with Crippen molar-refractivity contribution in [2.45, 2.75) is 18.9 Å². The van der Waals surface area contributed by atoms with Gasteiger partial charge in [-0.2, -0.15) is 0 Å². The summed E-state index contributed by atoms with van der Waals surface area (Å²) in [5.41, 5.74) is 1.09. The maximum Gasteiger partial charge on any atom is 0.268 e. The van der Waals surface area contributed by atoms with Crippen molar-refractivity contribution in [2.75, 3.05) is 19.6 Å². The summed E-state index contributed by atoms with van der Waals surface area (Å²) in [4.78, 5) is 15.1. The van der Waals surface area contributed by atoms with Gasteiger partial charge in [-0.3, -0.25) is 4.79 Å². The van der Waals surface area contributed by atoms with E-state index in [1.54, 1.807) is 23.7 Å². The molecule has 0 radical (unpaired) electrons. The quantitative estimate of drug-likeness (QED) is 0.929. The van der Waals surface area contributed by atoms with Gasteiger partial charge < -0.3 is 14.8 Å². The highest BCUT2D eigenvalue weighted by Gasteiger charge is 2.35. The van der Waals surface area contributed by atoms with E-state index in [2.05, 4.69) is 10.2 Å². The molecule has 1 atom stereocenters. The number of fused-ring (bicyclic) bond motifs is 3. The second-order valence-corrected chi connectivity index (χ2v) is 6.98. The van der Waals surface area contributed by atoms with Crippen LogP contribution in [0.2, 0.25) is 0 Å². The lowest BCUT2D eigenvalue weighted by Crippen LogP contribution is -2.57. The van der Waals surface area contributed by atoms with Crippen molar-refractivity contribution in [1.29, 1.82) is 0 Å². The summed E-state index contributed by atoms with van der Waals surface area (Å²) in [5.74, 6) is -1.41. The molecule has 6 heteroatoms. The van der Waals surface area contributed by atoms with Crippen LogP contribution in [-0.2, 0) is 7.05 Å². The molecule has 25 heavy (non-hydrogen) atoms. The number of rotatable bonds is 3. The SMILES string of the molecule is Cn1c(C(=O)NC2CN3CCC2CC3)ccc1-c1cccc(F)c1F. The van der Waals surface area contributed by atoms with Gasteiger partial charge in [0.05, 0.1) is 5.69 Å². The predicted molar refractivity (Wildman–Crippen MR) is 91.2 cm³/mol. The van der Waals surface area contributed by atoms with Crippen molar-refractivity contribution in [3.63, 3.8) is 0 Å². The summed E-state index contributed by atoms with van der Waals surface area (Å²) in [5, 5.41) is 3.13. The van der Waals surface area contributed by atoms with E-state index in [1.807, 2.05) is 0 Å². The molecule has 0 spiro atoms. The summed E-state index contributed by atoms with van der Waals surface area (Å²) in [6.45, 7) is 3.13. The zero-order valence-electron chi connectivity index (χ0n) is 14.1. The van der Waals surface area contributed by atoms with Gasteiger partial charge in [0.2, 0.25) is 0 Å². The molecule has 1 amide bonds. The van der Waals surface area contributed by atoms with E-state index in [0.717, 1.165) is 38.5 Å². The van der Waals surface area contributed by atoms with E-state index >= 15 is 0 Å². The molecule has 4 nitrogen and oxygen atoms in total. The van der Waals surface area contributed by atoms with Crippen molar-refractivity contribution < 1.29 is 13.6 Å². The van der Waals surface area contributed by atoms with E-state index in [-0.39, 0.29) is 17.5 Å². The average molecular weight is 345 g/mol. The fourth-order valence-corrected chi connectivity index (χ4v) is 4.08. The smallest absolute Gasteiger partial charge is 0.268 e. The second-order valence-electron chi connectivity index (χ2n) is 6.98. The minimum Gasteiger partial charge on any atom is -0.346 e. The summed E-state index contributed by atoms with van der Waals surface area (Å²) in [6.07, 6.45) is 2.25. The summed E-state index contributed by atoms with van der Waals surface area (Å²) in [6, 6.07) is 7.55. The van der Waals surface area contributed by atoms with Crippen LogP contribution in [0.4, 0.5) is 8.78 Å². The fraction of sp³-hybridized carbons (Fsp3) is 0.421. The molecule has 3 saturated heterocycles. The Morgan fingerprint density at radius 3 is 2.60 bits per heavy atom. The minimum absolute atomic E-state index is 0.157. The first-order valence-corrected chi connectivity index (χ1v) is 8.68. The zero-order chi connectivity index (χ0) is 17.6. The third kappa shape index (κ3) is 2.84. The Morgan fingerprint density at radius 2 is 1.92 bits per heavy atom. The molecule has 5 rings (SSSR count). The number of amides is 1. The Balaban J connectivity index is 1.56. The van der Waals surface area contributed by atoms with Crippen molar-refractivity contribution in [2.24, 2.45) is 13.0 Å². The van der Waals surface area contributed by atoms with Gasteiger partial charge >= 0.3 is 0 Å². The summed E-state index contributed by atoms with van der Waals surface area (Å²) < 4.78 is 29.2. The molecule has 132 valence electrons. The molecule has 1 aromatic heterocycles. The third-order valence-corrected chi connectivity index (χ3v) is 5.55. The Labute approximate surface area is 145 Å². The first-order valence-electron chi connectivity index (χ1n) is 8.68. The Hall–Kier alpha value is -2.21. The molecule has 2 bridgehead atoms. The molecule has 3 aliphatic rings. The topological polar surface area (TPSA) is 37.3 Å². The first kappa shape index (κ1) is 16.3. The van der Waals surface area contributed by atoms with Gasteiger partial charge in [-0.15, -0.1) is 0 Å². The number of nitrogens with zero attached hydrogens (tertiary/aromatic N) is 2. The monoisotopic (exact) mass is 345 g/mol. The van der Waals surface area contributed by atoms with Crippen molar-refractivity contribution >= 4 is 5.91 Å². The van der Waals surface area contributed by atoms with Crippen molar-refractivity contribution in [1.82, 2.24) is 14.8 Å². The number of carbonyl (C=O) groups is 1. The number of aromatic nitrogens is 1. The largest absolute Gasteiger partial charge is 0.346 e. The van der Waals surface area contributed by atoms with Crippen LogP contribution in [0.1, 0.15) is 23.3 Å². The maximum atomic E-state index is 14.1. The lowest BCUT2D eigenvalue weighted by molar-refractivity contribution is 0.0616. The highest BCUT2D eigenvalue weighted by atomic mass is 19.2. The van der Waals surface area contributed by atoms with Gasteiger partial charge in [0, 0.05) is 25.2 Å². The molecule has 4 heterocycles. The molecular weight excluding hydrogens is 324 g/mol. The summed E-state index contributed by atoms with van der Waals surface area (Å²) >= 11 is 0. The van der Waals surface area contributed by atoms with Gasteiger partial charge in [-0.25, -0.2) is 8.78 Å². The number of piperidine rings is 3. The van der Waals surface area contributed by atoms with Gasteiger partial charge in [0.1, 0.15) is 5.69 Å². The normalized spacial score (nSPS) is 25.2. The molecule has 3 fully saturated rings. The minimum atomic E-state index is -0.895. The van der Waals surface area contributed by atoms with E-state index in [0.29, 0.717) is 17.3 Å². The number of hydrogen-bond donors (Lipinski definition) is 1. The van der Waals surface area contributed by atoms with Gasteiger partial charge in [0.25, 0.3) is 5.91 Å². The predicted octanol–water partition coefficient (Wildman–Crippen LogP) is 2.79. The molecule has 0 aliphatic carbocycles. The van der Waals surface area contributed by atoms with Crippen LogP contribution in [0.5, 0.6) is 0 Å². The fourth-order valence-electron chi connectivity index (χ4n) is 4.08. The number of carbonyl (C=O) groups excluding carboxylic acids is 1. The van der Waals surface area contributed by atoms with E-state index in [9.17, 15) is 13.6 Å². The van der Waals surface area contributed by atoms with E-state index in [1.165, 1.54) is 12.1 Å². The van der Waals surface area contributed by atoms with Crippen LogP contribution in [-0.4, -0.2) is 41.1 Å². The van der Waals surface area contributed by atoms with Crippen LogP contribution >= 0.6 is 0 Å².